The third-order valence-corrected chi connectivity index (χ3v) is 6.01. The maximum atomic E-state index is 12.6. The lowest BCUT2D eigenvalue weighted by Gasteiger charge is -2.33. The highest BCUT2D eigenvalue weighted by Gasteiger charge is 2.23. The van der Waals surface area contributed by atoms with Gasteiger partial charge < -0.3 is 14.8 Å². The zero-order chi connectivity index (χ0) is 19.2. The number of likely N-dealkylation sites (tertiary alicyclic amines) is 1. The zero-order valence-corrected chi connectivity index (χ0v) is 17.3. The molecule has 0 saturated carbocycles. The third-order valence-electron chi connectivity index (χ3n) is 5.06. The first-order valence-electron chi connectivity index (χ1n) is 9.73. The zero-order valence-electron chi connectivity index (χ0n) is 16.4. The number of anilines is 1. The first-order valence-corrected chi connectivity index (χ1v) is 10.7. The number of aromatic nitrogens is 3. The summed E-state index contributed by atoms with van der Waals surface area (Å²) in [5.41, 5.74) is 2.30. The lowest BCUT2D eigenvalue weighted by molar-refractivity contribution is -0.131. The Kier molecular flexibility index (Phi) is 6.77. The Bertz CT molecular complexity index is 758. The minimum absolute atomic E-state index is 0.206. The number of thioether (sulfide) groups is 1. The number of amides is 1. The molecular formula is C20H29N5OS. The van der Waals surface area contributed by atoms with Crippen molar-refractivity contribution in [2.45, 2.75) is 64.3 Å². The van der Waals surface area contributed by atoms with E-state index in [0.717, 1.165) is 42.6 Å². The highest BCUT2D eigenvalue weighted by molar-refractivity contribution is 7.99. The molecular weight excluding hydrogens is 358 g/mol. The Hall–Kier alpha value is -2.02. The quantitative estimate of drug-likeness (QED) is 0.734. The molecule has 1 amide bonds. The van der Waals surface area contributed by atoms with Crippen LogP contribution in [0.1, 0.15) is 44.5 Å². The predicted molar refractivity (Wildman–Crippen MR) is 110 cm³/mol. The van der Waals surface area contributed by atoms with Crippen LogP contribution in [0.5, 0.6) is 0 Å². The van der Waals surface area contributed by atoms with Gasteiger partial charge in [-0.15, -0.1) is 10.2 Å². The van der Waals surface area contributed by atoms with Crippen LogP contribution in [0.4, 0.5) is 5.69 Å². The molecule has 0 radical (unpaired) electrons. The summed E-state index contributed by atoms with van der Waals surface area (Å²) in [6, 6.07) is 8.65. The van der Waals surface area contributed by atoms with Gasteiger partial charge in [-0.2, -0.15) is 0 Å². The average Bonchev–Trinajstić information content (AvgIpc) is 3.08. The number of benzene rings is 1. The van der Waals surface area contributed by atoms with Gasteiger partial charge >= 0.3 is 0 Å². The molecule has 1 fully saturated rings. The van der Waals surface area contributed by atoms with Gasteiger partial charge in [0.1, 0.15) is 0 Å². The topological polar surface area (TPSA) is 63.1 Å². The lowest BCUT2D eigenvalue weighted by Crippen LogP contribution is -2.43. The number of nitrogens with zero attached hydrogens (tertiary/aromatic N) is 4. The van der Waals surface area contributed by atoms with Crippen LogP contribution in [-0.4, -0.2) is 43.9 Å². The highest BCUT2D eigenvalue weighted by Crippen LogP contribution is 2.22. The Labute approximate surface area is 165 Å². The van der Waals surface area contributed by atoms with Crippen molar-refractivity contribution in [3.63, 3.8) is 0 Å². The number of hydrogen-bond donors (Lipinski definition) is 1. The molecule has 2 aromatic rings. The summed E-state index contributed by atoms with van der Waals surface area (Å²) in [6.07, 6.45) is 3.44. The van der Waals surface area contributed by atoms with Crippen molar-refractivity contribution in [1.82, 2.24) is 19.7 Å². The van der Waals surface area contributed by atoms with E-state index in [1.165, 1.54) is 23.7 Å². The SMILES string of the molecule is CCn1c(CNc2ccc(C)cc2)nnc1SCC(=O)N1CCCCC1C. The number of carbonyl (C=O) groups is 1. The monoisotopic (exact) mass is 387 g/mol. The number of aryl methyl sites for hydroxylation is 1. The molecule has 1 N–H and O–H groups in total. The van der Waals surface area contributed by atoms with Crippen molar-refractivity contribution in [2.24, 2.45) is 0 Å². The van der Waals surface area contributed by atoms with E-state index in [-0.39, 0.29) is 5.91 Å². The molecule has 3 rings (SSSR count). The van der Waals surface area contributed by atoms with Gasteiger partial charge in [-0.05, 0) is 52.2 Å². The van der Waals surface area contributed by atoms with Crippen LogP contribution in [-0.2, 0) is 17.9 Å². The molecule has 1 aliphatic rings. The van der Waals surface area contributed by atoms with Gasteiger partial charge in [0.2, 0.25) is 5.91 Å². The first kappa shape index (κ1) is 19.7. The van der Waals surface area contributed by atoms with Gasteiger partial charge in [0.15, 0.2) is 11.0 Å². The molecule has 1 aliphatic heterocycles. The van der Waals surface area contributed by atoms with Crippen LogP contribution in [0, 0.1) is 6.92 Å². The number of nitrogens with one attached hydrogen (secondary N) is 1. The largest absolute Gasteiger partial charge is 0.378 e. The molecule has 1 atom stereocenters. The molecule has 1 unspecified atom stereocenters. The summed E-state index contributed by atoms with van der Waals surface area (Å²) < 4.78 is 2.08. The molecule has 2 heterocycles. The predicted octanol–water partition coefficient (Wildman–Crippen LogP) is 3.71. The van der Waals surface area contributed by atoms with Crippen molar-refractivity contribution >= 4 is 23.4 Å². The van der Waals surface area contributed by atoms with E-state index in [9.17, 15) is 4.79 Å². The molecule has 6 nitrogen and oxygen atoms in total. The minimum atomic E-state index is 0.206. The number of piperidine rings is 1. The highest BCUT2D eigenvalue weighted by atomic mass is 32.2. The van der Waals surface area contributed by atoms with Crippen LogP contribution < -0.4 is 5.32 Å². The Morgan fingerprint density at radius 1 is 1.26 bits per heavy atom. The Morgan fingerprint density at radius 2 is 2.04 bits per heavy atom. The summed E-state index contributed by atoms with van der Waals surface area (Å²) in [5.74, 6) is 1.52. The molecule has 0 aliphatic carbocycles. The lowest BCUT2D eigenvalue weighted by atomic mass is 10.0. The fourth-order valence-corrected chi connectivity index (χ4v) is 4.31. The summed E-state index contributed by atoms with van der Waals surface area (Å²) in [5, 5.41) is 12.9. The Morgan fingerprint density at radius 3 is 2.74 bits per heavy atom. The van der Waals surface area contributed by atoms with E-state index in [0.29, 0.717) is 18.3 Å². The van der Waals surface area contributed by atoms with Gasteiger partial charge in [-0.1, -0.05) is 29.5 Å². The van der Waals surface area contributed by atoms with Crippen LogP contribution in [0.25, 0.3) is 0 Å². The van der Waals surface area contributed by atoms with Crippen molar-refractivity contribution in [3.05, 3.63) is 35.7 Å². The molecule has 1 saturated heterocycles. The maximum absolute atomic E-state index is 12.6. The van der Waals surface area contributed by atoms with Crippen molar-refractivity contribution in [3.8, 4) is 0 Å². The molecule has 1 aromatic carbocycles. The molecule has 1 aromatic heterocycles. The van der Waals surface area contributed by atoms with E-state index in [1.54, 1.807) is 0 Å². The van der Waals surface area contributed by atoms with Crippen LogP contribution in [0.2, 0.25) is 0 Å². The summed E-state index contributed by atoms with van der Waals surface area (Å²) in [6.45, 7) is 8.58. The van der Waals surface area contributed by atoms with Crippen LogP contribution in [0.3, 0.4) is 0 Å². The maximum Gasteiger partial charge on any atom is 0.233 e. The fraction of sp³-hybridized carbons (Fsp3) is 0.550. The van der Waals surface area contributed by atoms with Gasteiger partial charge in [-0.25, -0.2) is 0 Å². The summed E-state index contributed by atoms with van der Waals surface area (Å²) in [4.78, 5) is 14.6. The molecule has 7 heteroatoms. The number of rotatable bonds is 7. The van der Waals surface area contributed by atoms with Crippen LogP contribution >= 0.6 is 11.8 Å². The second-order valence-electron chi connectivity index (χ2n) is 7.08. The molecule has 27 heavy (non-hydrogen) atoms. The fourth-order valence-electron chi connectivity index (χ4n) is 3.40. The van der Waals surface area contributed by atoms with Crippen LogP contribution in [0.15, 0.2) is 29.4 Å². The normalized spacial score (nSPS) is 17.1. The summed E-state index contributed by atoms with van der Waals surface area (Å²) >= 11 is 1.49. The van der Waals surface area contributed by atoms with Gasteiger partial charge in [-0.3, -0.25) is 4.79 Å². The standard InChI is InChI=1S/C20H29N5OS/c1-4-24-18(13-21-17-10-8-15(2)9-11-17)22-23-20(24)27-14-19(26)25-12-6-5-7-16(25)3/h8-11,16,21H,4-7,12-14H2,1-3H3. The second-order valence-corrected chi connectivity index (χ2v) is 8.03. The minimum Gasteiger partial charge on any atom is -0.378 e. The third kappa shape index (κ3) is 5.03. The Balaban J connectivity index is 1.58. The van der Waals surface area contributed by atoms with E-state index in [2.05, 4.69) is 65.1 Å². The van der Waals surface area contributed by atoms with Crippen molar-refractivity contribution < 1.29 is 4.79 Å². The smallest absolute Gasteiger partial charge is 0.233 e. The van der Waals surface area contributed by atoms with Gasteiger partial charge in [0.25, 0.3) is 0 Å². The molecule has 0 spiro atoms. The summed E-state index contributed by atoms with van der Waals surface area (Å²) in [7, 11) is 0. The van der Waals surface area contributed by atoms with E-state index in [4.69, 9.17) is 0 Å². The van der Waals surface area contributed by atoms with Gasteiger partial charge in [0, 0.05) is 24.8 Å². The van der Waals surface area contributed by atoms with E-state index >= 15 is 0 Å². The van der Waals surface area contributed by atoms with E-state index < -0.39 is 0 Å². The number of hydrogen-bond acceptors (Lipinski definition) is 5. The molecule has 0 bridgehead atoms. The van der Waals surface area contributed by atoms with Crippen molar-refractivity contribution in [1.29, 1.82) is 0 Å². The average molecular weight is 388 g/mol. The van der Waals surface area contributed by atoms with E-state index in [1.807, 2.05) is 4.90 Å². The first-order chi connectivity index (χ1) is 13.1. The van der Waals surface area contributed by atoms with Crippen molar-refractivity contribution in [2.75, 3.05) is 17.6 Å². The molecule has 146 valence electrons. The second kappa shape index (κ2) is 9.26. The van der Waals surface area contributed by atoms with Gasteiger partial charge in [0.05, 0.1) is 12.3 Å². The number of carbonyl (C=O) groups excluding carboxylic acids is 1.